The summed E-state index contributed by atoms with van der Waals surface area (Å²) in [6.07, 6.45) is 0. The zero-order valence-corrected chi connectivity index (χ0v) is 4.73. The molecule has 0 spiro atoms. The van der Waals surface area contributed by atoms with Crippen LogP contribution >= 0.6 is 11.9 Å². The Bertz CT molecular complexity index is 75.3. The van der Waals surface area contributed by atoms with Gasteiger partial charge >= 0.3 is 5.97 Å². The average Bonchev–Trinajstić information content (AvgIpc) is 1.65. The SMILES string of the molecule is C[C@@H](SN)C(=O)O. The van der Waals surface area contributed by atoms with Crippen LogP contribution in [-0.2, 0) is 4.79 Å². The van der Waals surface area contributed by atoms with Gasteiger partial charge in [-0.05, 0) is 6.92 Å². The summed E-state index contributed by atoms with van der Waals surface area (Å²) in [6, 6.07) is 0. The fraction of sp³-hybridized carbons (Fsp3) is 0.667. The van der Waals surface area contributed by atoms with Gasteiger partial charge in [0.2, 0.25) is 0 Å². The smallest absolute Gasteiger partial charge is 0.317 e. The van der Waals surface area contributed by atoms with Gasteiger partial charge in [-0.2, -0.15) is 0 Å². The molecule has 3 nitrogen and oxygen atoms in total. The highest BCUT2D eigenvalue weighted by atomic mass is 32.2. The molecule has 0 aliphatic heterocycles. The second kappa shape index (κ2) is 2.87. The van der Waals surface area contributed by atoms with Gasteiger partial charge in [-0.15, -0.1) is 0 Å². The van der Waals surface area contributed by atoms with E-state index in [1.54, 1.807) is 0 Å². The molecule has 0 aromatic rings. The molecule has 1 atom stereocenters. The van der Waals surface area contributed by atoms with Crippen LogP contribution in [0, 0.1) is 0 Å². The Balaban J connectivity index is 3.34. The van der Waals surface area contributed by atoms with Gasteiger partial charge in [-0.25, -0.2) is 0 Å². The van der Waals surface area contributed by atoms with Crippen LogP contribution in [0.1, 0.15) is 6.92 Å². The van der Waals surface area contributed by atoms with Gasteiger partial charge in [0.15, 0.2) is 0 Å². The number of nitrogens with two attached hydrogens (primary N) is 1. The first-order valence-electron chi connectivity index (χ1n) is 1.77. The predicted molar refractivity (Wildman–Crippen MR) is 28.9 cm³/mol. The lowest BCUT2D eigenvalue weighted by Gasteiger charge is -1.95. The molecule has 0 bridgehead atoms. The van der Waals surface area contributed by atoms with Gasteiger partial charge < -0.3 is 5.11 Å². The highest BCUT2D eigenvalue weighted by Gasteiger charge is 2.06. The lowest BCUT2D eigenvalue weighted by Crippen LogP contribution is -2.13. The number of aliphatic carboxylic acids is 1. The molecule has 0 aliphatic carbocycles. The van der Waals surface area contributed by atoms with E-state index in [0.717, 1.165) is 11.9 Å². The Hall–Kier alpha value is -0.220. The fourth-order valence-electron chi connectivity index (χ4n) is 0.0582. The average molecular weight is 121 g/mol. The maximum Gasteiger partial charge on any atom is 0.317 e. The Morgan fingerprint density at radius 3 is 2.43 bits per heavy atom. The second-order valence-corrected chi connectivity index (χ2v) is 2.10. The zero-order valence-electron chi connectivity index (χ0n) is 3.92. The molecule has 0 aromatic heterocycles. The largest absolute Gasteiger partial charge is 0.480 e. The molecule has 42 valence electrons. The van der Waals surface area contributed by atoms with Gasteiger partial charge in [0.25, 0.3) is 0 Å². The molecule has 0 heterocycles. The first kappa shape index (κ1) is 6.78. The monoisotopic (exact) mass is 121 g/mol. The minimum absolute atomic E-state index is 0.486. The first-order chi connectivity index (χ1) is 3.18. The van der Waals surface area contributed by atoms with Crippen LogP contribution in [0.25, 0.3) is 0 Å². The number of carboxylic acid groups (broad SMARTS) is 1. The Morgan fingerprint density at radius 2 is 2.43 bits per heavy atom. The molecule has 0 unspecified atom stereocenters. The van der Waals surface area contributed by atoms with Crippen molar-refractivity contribution in [1.29, 1.82) is 0 Å². The van der Waals surface area contributed by atoms with E-state index in [1.807, 2.05) is 0 Å². The highest BCUT2D eigenvalue weighted by molar-refractivity contribution is 7.98. The molecule has 0 saturated carbocycles. The molecule has 0 radical (unpaired) electrons. The summed E-state index contributed by atoms with van der Waals surface area (Å²) < 4.78 is 0. The Morgan fingerprint density at radius 1 is 2.00 bits per heavy atom. The number of hydrogen-bond donors (Lipinski definition) is 2. The van der Waals surface area contributed by atoms with Crippen molar-refractivity contribution in [3.8, 4) is 0 Å². The van der Waals surface area contributed by atoms with E-state index >= 15 is 0 Å². The van der Waals surface area contributed by atoms with Crippen molar-refractivity contribution in [2.75, 3.05) is 0 Å². The molecule has 0 fully saturated rings. The lowest BCUT2D eigenvalue weighted by molar-refractivity contribution is -0.136. The fourth-order valence-corrected chi connectivity index (χ4v) is 0.175. The quantitative estimate of drug-likeness (QED) is 0.507. The van der Waals surface area contributed by atoms with Crippen LogP contribution in [0.4, 0.5) is 0 Å². The van der Waals surface area contributed by atoms with E-state index in [9.17, 15) is 4.79 Å². The summed E-state index contributed by atoms with van der Waals surface area (Å²) in [7, 11) is 0. The van der Waals surface area contributed by atoms with E-state index in [2.05, 4.69) is 0 Å². The molecular formula is C3H7NO2S. The standard InChI is InChI=1S/C3H7NO2S/c1-2(7-4)3(5)6/h2H,4H2,1H3,(H,5,6)/t2-/m1/s1. The number of hydrogen-bond acceptors (Lipinski definition) is 3. The predicted octanol–water partition coefficient (Wildman–Crippen LogP) is 0.0664. The molecule has 0 rings (SSSR count). The summed E-state index contributed by atoms with van der Waals surface area (Å²) in [5, 5.41) is 12.5. The minimum Gasteiger partial charge on any atom is -0.480 e. The van der Waals surface area contributed by atoms with Crippen LogP contribution in [0.3, 0.4) is 0 Å². The van der Waals surface area contributed by atoms with E-state index < -0.39 is 11.2 Å². The van der Waals surface area contributed by atoms with E-state index in [-0.39, 0.29) is 0 Å². The summed E-state index contributed by atoms with van der Waals surface area (Å²) in [5.41, 5.74) is 0. The van der Waals surface area contributed by atoms with Gasteiger partial charge in [0.1, 0.15) is 5.25 Å². The summed E-state index contributed by atoms with van der Waals surface area (Å²) in [5.74, 6) is -0.868. The molecule has 3 N–H and O–H groups in total. The van der Waals surface area contributed by atoms with Crippen LogP contribution in [-0.4, -0.2) is 16.3 Å². The normalized spacial score (nSPS) is 13.4. The van der Waals surface area contributed by atoms with Crippen molar-refractivity contribution in [3.05, 3.63) is 0 Å². The molecule has 4 heteroatoms. The van der Waals surface area contributed by atoms with Crippen LogP contribution in [0.5, 0.6) is 0 Å². The maximum absolute atomic E-state index is 9.83. The van der Waals surface area contributed by atoms with Crippen molar-refractivity contribution in [1.82, 2.24) is 0 Å². The Labute approximate surface area is 46.0 Å². The van der Waals surface area contributed by atoms with Gasteiger partial charge in [-0.3, -0.25) is 9.93 Å². The minimum atomic E-state index is -0.868. The summed E-state index contributed by atoms with van der Waals surface area (Å²) >= 11 is 0.833. The van der Waals surface area contributed by atoms with E-state index in [0.29, 0.717) is 0 Å². The molecule has 0 saturated heterocycles. The summed E-state index contributed by atoms with van der Waals surface area (Å²) in [4.78, 5) is 9.83. The zero-order chi connectivity index (χ0) is 5.86. The van der Waals surface area contributed by atoms with Gasteiger partial charge in [0, 0.05) is 0 Å². The topological polar surface area (TPSA) is 63.3 Å². The van der Waals surface area contributed by atoms with Crippen molar-refractivity contribution < 1.29 is 9.90 Å². The first-order valence-corrected chi connectivity index (χ1v) is 2.71. The van der Waals surface area contributed by atoms with Crippen LogP contribution in [0.15, 0.2) is 0 Å². The van der Waals surface area contributed by atoms with Crippen LogP contribution < -0.4 is 5.14 Å². The van der Waals surface area contributed by atoms with Crippen molar-refractivity contribution in [3.63, 3.8) is 0 Å². The third-order valence-electron chi connectivity index (χ3n) is 0.552. The second-order valence-electron chi connectivity index (χ2n) is 1.12. The molecule has 0 amide bonds. The number of rotatable bonds is 2. The van der Waals surface area contributed by atoms with Crippen molar-refractivity contribution in [2.45, 2.75) is 12.2 Å². The highest BCUT2D eigenvalue weighted by Crippen LogP contribution is 1.98. The number of carboxylic acids is 1. The van der Waals surface area contributed by atoms with E-state index in [4.69, 9.17) is 10.2 Å². The van der Waals surface area contributed by atoms with Gasteiger partial charge in [-0.1, -0.05) is 11.9 Å². The van der Waals surface area contributed by atoms with Crippen LogP contribution in [0.2, 0.25) is 0 Å². The third kappa shape index (κ3) is 2.47. The number of carbonyl (C=O) groups is 1. The molecule has 7 heavy (non-hydrogen) atoms. The molecular weight excluding hydrogens is 114 g/mol. The van der Waals surface area contributed by atoms with E-state index in [1.165, 1.54) is 6.92 Å². The van der Waals surface area contributed by atoms with Crippen molar-refractivity contribution in [2.24, 2.45) is 5.14 Å². The maximum atomic E-state index is 9.83. The van der Waals surface area contributed by atoms with Crippen molar-refractivity contribution >= 4 is 17.9 Å². The summed E-state index contributed by atoms with van der Waals surface area (Å²) in [6.45, 7) is 1.53. The lowest BCUT2D eigenvalue weighted by atomic mass is 10.5. The Kier molecular flexibility index (Phi) is 2.78. The molecule has 0 aromatic carbocycles. The third-order valence-corrected chi connectivity index (χ3v) is 1.16. The van der Waals surface area contributed by atoms with Gasteiger partial charge in [0.05, 0.1) is 0 Å². The molecule has 0 aliphatic rings.